The Morgan fingerprint density at radius 3 is 2.58 bits per heavy atom. The molecule has 0 aromatic heterocycles. The minimum Gasteiger partial charge on any atom is -0.493 e. The number of rotatable bonds is 10. The summed E-state index contributed by atoms with van der Waals surface area (Å²) in [5.41, 5.74) is 5.00. The Hall–Kier alpha value is -4.01. The number of nitrogens with zero attached hydrogens (tertiary/aromatic N) is 1. The quantitative estimate of drug-likeness (QED) is 0.208. The van der Waals surface area contributed by atoms with E-state index >= 15 is 0 Å². The molecule has 1 N–H and O–H groups in total. The van der Waals surface area contributed by atoms with Crippen LogP contribution in [0.15, 0.2) is 72.2 Å². The third kappa shape index (κ3) is 6.76. The second-order valence-electron chi connectivity index (χ2n) is 9.18. The first kappa shape index (κ1) is 29.0. The summed E-state index contributed by atoms with van der Waals surface area (Å²) in [5, 5.41) is 2.93. The molecule has 1 heterocycles. The topological polar surface area (TPSA) is 84.9 Å². The minimum atomic E-state index is -0.529. The van der Waals surface area contributed by atoms with Crippen LogP contribution in [0.4, 0.5) is 10.5 Å². The van der Waals surface area contributed by atoms with Crippen molar-refractivity contribution in [1.29, 1.82) is 0 Å². The number of ether oxygens (including phenoxy) is 2. The van der Waals surface area contributed by atoms with Gasteiger partial charge in [-0.15, -0.1) is 6.58 Å². The second kappa shape index (κ2) is 12.9. The average Bonchev–Trinajstić information content (AvgIpc) is 3.18. The zero-order chi connectivity index (χ0) is 28.8. The number of methoxy groups -OCH3 is 1. The maximum Gasteiger partial charge on any atom is 0.294 e. The number of thioether (sulfide) groups is 1. The Morgan fingerprint density at radius 1 is 1.12 bits per heavy atom. The molecule has 4 rings (SSSR count). The molecule has 40 heavy (non-hydrogen) atoms. The summed E-state index contributed by atoms with van der Waals surface area (Å²) in [6.45, 7) is 7.61. The highest BCUT2D eigenvalue weighted by atomic mass is 35.5. The monoisotopic (exact) mass is 576 g/mol. The summed E-state index contributed by atoms with van der Waals surface area (Å²) in [7, 11) is 1.54. The molecule has 3 aromatic rings. The van der Waals surface area contributed by atoms with Crippen molar-refractivity contribution >= 4 is 52.2 Å². The van der Waals surface area contributed by atoms with Crippen LogP contribution in [0, 0.1) is 13.8 Å². The fourth-order valence-electron chi connectivity index (χ4n) is 4.13. The molecule has 3 amide bonds. The predicted octanol–water partition coefficient (Wildman–Crippen LogP) is 6.95. The molecule has 1 fully saturated rings. The first-order valence-electron chi connectivity index (χ1n) is 12.5. The van der Waals surface area contributed by atoms with Gasteiger partial charge in [0.2, 0.25) is 5.91 Å². The molecule has 1 saturated heterocycles. The molecule has 0 bridgehead atoms. The lowest BCUT2D eigenvalue weighted by Gasteiger charge is -2.16. The summed E-state index contributed by atoms with van der Waals surface area (Å²) >= 11 is 6.77. The van der Waals surface area contributed by atoms with Crippen molar-refractivity contribution < 1.29 is 23.9 Å². The average molecular weight is 577 g/mol. The van der Waals surface area contributed by atoms with Gasteiger partial charge in [0.05, 0.1) is 12.0 Å². The summed E-state index contributed by atoms with van der Waals surface area (Å²) in [6.07, 6.45) is 3.86. The fourth-order valence-corrected chi connectivity index (χ4v) is 5.10. The Morgan fingerprint density at radius 2 is 1.88 bits per heavy atom. The van der Waals surface area contributed by atoms with Gasteiger partial charge < -0.3 is 14.8 Å². The zero-order valence-electron chi connectivity index (χ0n) is 22.5. The van der Waals surface area contributed by atoms with Crippen molar-refractivity contribution in [1.82, 2.24) is 4.90 Å². The number of carbonyl (C=O) groups is 3. The lowest BCUT2D eigenvalue weighted by molar-refractivity contribution is -0.127. The second-order valence-corrected chi connectivity index (χ2v) is 10.6. The number of hydrogen-bond donors (Lipinski definition) is 1. The Bertz CT molecular complexity index is 1500. The van der Waals surface area contributed by atoms with Crippen LogP contribution in [0.2, 0.25) is 5.02 Å². The first-order valence-corrected chi connectivity index (χ1v) is 13.7. The largest absolute Gasteiger partial charge is 0.493 e. The van der Waals surface area contributed by atoms with E-state index in [1.807, 2.05) is 44.2 Å². The Labute approximate surface area is 242 Å². The lowest BCUT2D eigenvalue weighted by Crippen LogP contribution is -2.36. The first-order chi connectivity index (χ1) is 19.2. The van der Waals surface area contributed by atoms with E-state index in [4.69, 9.17) is 21.1 Å². The van der Waals surface area contributed by atoms with Crippen LogP contribution in [0.1, 0.15) is 27.8 Å². The van der Waals surface area contributed by atoms with Gasteiger partial charge >= 0.3 is 0 Å². The maximum absolute atomic E-state index is 13.1. The molecule has 9 heteroatoms. The molecule has 0 aliphatic carbocycles. The molecule has 0 saturated carbocycles. The molecule has 0 spiro atoms. The number of aryl methyl sites for hydroxylation is 1. The Kier molecular flexibility index (Phi) is 9.34. The fraction of sp³-hybridized carbons (Fsp3) is 0.194. The molecule has 7 nitrogen and oxygen atoms in total. The van der Waals surface area contributed by atoms with Crippen LogP contribution in [0.25, 0.3) is 6.08 Å². The van der Waals surface area contributed by atoms with Crippen LogP contribution in [-0.4, -0.2) is 35.6 Å². The van der Waals surface area contributed by atoms with Gasteiger partial charge in [-0.2, -0.15) is 0 Å². The molecule has 0 atom stereocenters. The van der Waals surface area contributed by atoms with Crippen LogP contribution >= 0.6 is 23.4 Å². The van der Waals surface area contributed by atoms with Gasteiger partial charge in [-0.05, 0) is 90.7 Å². The molecule has 1 aliphatic rings. The highest BCUT2D eigenvalue weighted by molar-refractivity contribution is 8.18. The van der Waals surface area contributed by atoms with Crippen molar-refractivity contribution in [3.8, 4) is 11.5 Å². The third-order valence-corrected chi connectivity index (χ3v) is 7.55. The molecule has 0 unspecified atom stereocenters. The van der Waals surface area contributed by atoms with Crippen molar-refractivity contribution in [2.75, 3.05) is 19.0 Å². The maximum atomic E-state index is 13.1. The van der Waals surface area contributed by atoms with Crippen LogP contribution in [0.5, 0.6) is 11.5 Å². The molecule has 206 valence electrons. The van der Waals surface area contributed by atoms with Gasteiger partial charge in [0.15, 0.2) is 11.5 Å². The van der Waals surface area contributed by atoms with E-state index in [0.717, 1.165) is 38.9 Å². The molecule has 1 aliphatic heterocycles. The summed E-state index contributed by atoms with van der Waals surface area (Å²) in [5.74, 6) is 0.0604. The summed E-state index contributed by atoms with van der Waals surface area (Å²) in [6, 6.07) is 16.5. The minimum absolute atomic E-state index is 0.214. The Balaban J connectivity index is 1.52. The predicted molar refractivity (Wildman–Crippen MR) is 160 cm³/mol. The summed E-state index contributed by atoms with van der Waals surface area (Å²) in [4.78, 5) is 39.6. The number of amides is 3. The van der Waals surface area contributed by atoms with Gasteiger partial charge in [-0.1, -0.05) is 41.9 Å². The molecular formula is C31H29ClN2O5S. The highest BCUT2D eigenvalue weighted by Crippen LogP contribution is 2.37. The van der Waals surface area contributed by atoms with E-state index in [1.165, 1.54) is 7.11 Å². The van der Waals surface area contributed by atoms with E-state index in [1.54, 1.807) is 36.4 Å². The van der Waals surface area contributed by atoms with Gasteiger partial charge in [-0.3, -0.25) is 19.3 Å². The number of hydrogen-bond acceptors (Lipinski definition) is 6. The molecular weight excluding hydrogens is 548 g/mol. The third-order valence-electron chi connectivity index (χ3n) is 6.39. The molecule has 3 aromatic carbocycles. The molecule has 0 radical (unpaired) electrons. The van der Waals surface area contributed by atoms with Gasteiger partial charge in [0.1, 0.15) is 13.2 Å². The van der Waals surface area contributed by atoms with E-state index in [9.17, 15) is 14.4 Å². The van der Waals surface area contributed by atoms with Crippen molar-refractivity contribution in [2.24, 2.45) is 0 Å². The number of allylic oxidation sites excluding steroid dienone is 1. The standard InChI is InChI=1S/C31H29ClN2O5S/c1-5-7-23-14-22(15-26(38-4)29(23)39-18-21-10-12-24(32)13-11-21)16-27-30(36)34(31(37)40-27)17-28(35)33-25-9-6-8-19(2)20(25)3/h5-6,8-16H,1,7,17-18H2,2-4H3,(H,33,35)/b27-16-. The normalized spacial score (nSPS) is 14.0. The van der Waals surface area contributed by atoms with Crippen LogP contribution in [0.3, 0.4) is 0 Å². The number of benzene rings is 3. The smallest absolute Gasteiger partial charge is 0.294 e. The highest BCUT2D eigenvalue weighted by Gasteiger charge is 2.36. The van der Waals surface area contributed by atoms with Gasteiger partial charge in [0, 0.05) is 16.3 Å². The van der Waals surface area contributed by atoms with Crippen molar-refractivity contribution in [3.63, 3.8) is 0 Å². The number of halogens is 1. The van der Waals surface area contributed by atoms with E-state index < -0.39 is 17.1 Å². The van der Waals surface area contributed by atoms with E-state index in [-0.39, 0.29) is 11.4 Å². The number of nitrogens with one attached hydrogen (secondary N) is 1. The van der Waals surface area contributed by atoms with Crippen molar-refractivity contribution in [2.45, 2.75) is 26.9 Å². The number of carbonyl (C=O) groups excluding carboxylic acids is 3. The number of anilines is 1. The van der Waals surface area contributed by atoms with Crippen LogP contribution < -0.4 is 14.8 Å². The zero-order valence-corrected chi connectivity index (χ0v) is 24.0. The lowest BCUT2D eigenvalue weighted by atomic mass is 10.0. The van der Waals surface area contributed by atoms with Gasteiger partial charge in [0.25, 0.3) is 11.1 Å². The van der Waals surface area contributed by atoms with E-state index in [0.29, 0.717) is 40.8 Å². The summed E-state index contributed by atoms with van der Waals surface area (Å²) < 4.78 is 11.7. The van der Waals surface area contributed by atoms with Gasteiger partial charge in [-0.25, -0.2) is 0 Å². The van der Waals surface area contributed by atoms with Crippen molar-refractivity contribution in [3.05, 3.63) is 105 Å². The number of imide groups is 1. The van der Waals surface area contributed by atoms with E-state index in [2.05, 4.69) is 11.9 Å². The van der Waals surface area contributed by atoms with Crippen LogP contribution in [-0.2, 0) is 22.6 Å². The SMILES string of the molecule is C=CCc1cc(/C=C2\SC(=O)N(CC(=O)Nc3cccc(C)c3C)C2=O)cc(OC)c1OCc1ccc(Cl)cc1.